The van der Waals surface area contributed by atoms with Gasteiger partial charge in [0.1, 0.15) is 5.69 Å². The third kappa shape index (κ3) is 3.37. The number of benzene rings is 2. The summed E-state index contributed by atoms with van der Waals surface area (Å²) in [7, 11) is 0. The number of ketones is 1. The van der Waals surface area contributed by atoms with E-state index in [1.54, 1.807) is 0 Å². The van der Waals surface area contributed by atoms with Gasteiger partial charge in [0.15, 0.2) is 5.78 Å². The van der Waals surface area contributed by atoms with Crippen LogP contribution in [0.5, 0.6) is 0 Å². The summed E-state index contributed by atoms with van der Waals surface area (Å²) in [6.45, 7) is 7.13. The Bertz CT molecular complexity index is 1100. The number of carbonyl (C=O) groups excluding carboxylic acids is 2. The number of halogens is 1. The zero-order chi connectivity index (χ0) is 20.0. The molecule has 1 amide bonds. The van der Waals surface area contributed by atoms with Crippen molar-refractivity contribution in [2.45, 2.75) is 40.3 Å². The number of rotatable bonds is 4. The second kappa shape index (κ2) is 7.17. The number of carbonyl (C=O) groups is 2. The second-order valence-corrected chi connectivity index (χ2v) is 8.80. The first-order valence-corrected chi connectivity index (χ1v) is 10.2. The Kier molecular flexibility index (Phi) is 4.83. The van der Waals surface area contributed by atoms with E-state index >= 15 is 0 Å². The molecule has 0 spiro atoms. The van der Waals surface area contributed by atoms with Crippen molar-refractivity contribution < 1.29 is 9.59 Å². The molecule has 1 N–H and O–H groups in total. The fourth-order valence-corrected chi connectivity index (χ4v) is 4.17. The van der Waals surface area contributed by atoms with Crippen molar-refractivity contribution in [2.24, 2.45) is 5.92 Å². The fraction of sp³-hybridized carbons (Fsp3) is 0.318. The molecule has 0 radical (unpaired) electrons. The van der Waals surface area contributed by atoms with E-state index < -0.39 is 0 Å². The molecule has 5 nitrogen and oxygen atoms in total. The number of nitrogens with one attached hydrogen (secondary N) is 1. The Balaban J connectivity index is 1.68. The number of amides is 1. The zero-order valence-corrected chi connectivity index (χ0v) is 17.8. The van der Waals surface area contributed by atoms with Gasteiger partial charge in [-0.05, 0) is 53.8 Å². The van der Waals surface area contributed by atoms with E-state index in [1.165, 1.54) is 5.56 Å². The lowest BCUT2D eigenvalue weighted by atomic mass is 9.99. The highest BCUT2D eigenvalue weighted by Gasteiger charge is 2.26. The van der Waals surface area contributed by atoms with Crippen molar-refractivity contribution >= 4 is 38.5 Å². The van der Waals surface area contributed by atoms with Crippen molar-refractivity contribution in [2.75, 3.05) is 0 Å². The highest BCUT2D eigenvalue weighted by atomic mass is 79.9. The van der Waals surface area contributed by atoms with Crippen LogP contribution in [0, 0.1) is 12.8 Å². The number of H-pyrrole nitrogens is 1. The fourth-order valence-electron chi connectivity index (χ4n) is 3.76. The van der Waals surface area contributed by atoms with Crippen LogP contribution in [0.15, 0.2) is 34.8 Å². The number of hydrogen-bond donors (Lipinski definition) is 1. The number of aromatic amines is 1. The molecular weight excluding hydrogens is 418 g/mol. The van der Waals surface area contributed by atoms with Gasteiger partial charge in [0, 0.05) is 34.9 Å². The largest absolute Gasteiger partial charge is 0.330 e. The maximum Gasteiger partial charge on any atom is 0.254 e. The quantitative estimate of drug-likeness (QED) is 0.580. The van der Waals surface area contributed by atoms with Gasteiger partial charge in [-0.3, -0.25) is 14.7 Å². The van der Waals surface area contributed by atoms with Crippen LogP contribution in [0.1, 0.15) is 57.8 Å². The Morgan fingerprint density at radius 1 is 1.18 bits per heavy atom. The summed E-state index contributed by atoms with van der Waals surface area (Å²) in [6.07, 6.45) is 0.438. The normalized spacial score (nSPS) is 13.4. The molecule has 4 rings (SSSR count). The molecule has 28 heavy (non-hydrogen) atoms. The number of hydrogen-bond acceptors (Lipinski definition) is 3. The maximum atomic E-state index is 13.2. The first kappa shape index (κ1) is 18.9. The number of Topliss-reactive ketones (excluding diaryl/α,β-unsaturated/α-hetero) is 1. The molecule has 0 atom stereocenters. The number of fused-ring (bicyclic) bond motifs is 2. The highest BCUT2D eigenvalue weighted by molar-refractivity contribution is 9.10. The molecule has 3 aromatic rings. The smallest absolute Gasteiger partial charge is 0.254 e. The van der Waals surface area contributed by atoms with Crippen molar-refractivity contribution in [3.8, 4) is 0 Å². The van der Waals surface area contributed by atoms with Crippen molar-refractivity contribution in [3.63, 3.8) is 0 Å². The molecule has 0 saturated heterocycles. The summed E-state index contributed by atoms with van der Waals surface area (Å²) >= 11 is 3.49. The number of aromatic nitrogens is 2. The molecular formula is C22H22BrN3O2. The van der Waals surface area contributed by atoms with Crippen LogP contribution in [0.2, 0.25) is 0 Å². The molecule has 1 aliphatic heterocycles. The molecule has 0 unspecified atom stereocenters. The first-order valence-electron chi connectivity index (χ1n) is 9.42. The van der Waals surface area contributed by atoms with Crippen LogP contribution in [-0.4, -0.2) is 26.8 Å². The van der Waals surface area contributed by atoms with Gasteiger partial charge in [-0.1, -0.05) is 35.8 Å². The molecule has 2 aromatic carbocycles. The van der Waals surface area contributed by atoms with Crippen molar-refractivity contribution in [3.05, 3.63) is 62.8 Å². The van der Waals surface area contributed by atoms with E-state index in [9.17, 15) is 9.59 Å². The van der Waals surface area contributed by atoms with Gasteiger partial charge in [-0.25, -0.2) is 0 Å². The monoisotopic (exact) mass is 439 g/mol. The molecule has 0 fully saturated rings. The van der Waals surface area contributed by atoms with Crippen LogP contribution in [-0.2, 0) is 13.1 Å². The summed E-state index contributed by atoms with van der Waals surface area (Å²) in [6, 6.07) is 9.85. The minimum atomic E-state index is -0.0184. The van der Waals surface area contributed by atoms with E-state index in [0.717, 1.165) is 26.5 Å². The summed E-state index contributed by atoms with van der Waals surface area (Å²) in [5, 5.41) is 7.88. The second-order valence-electron chi connectivity index (χ2n) is 7.88. The predicted octanol–water partition coefficient (Wildman–Crippen LogP) is 5.02. The van der Waals surface area contributed by atoms with E-state index in [2.05, 4.69) is 38.3 Å². The van der Waals surface area contributed by atoms with E-state index in [1.807, 2.05) is 43.9 Å². The summed E-state index contributed by atoms with van der Waals surface area (Å²) in [5.74, 6) is 0.241. The third-order valence-electron chi connectivity index (χ3n) is 5.17. The standard InChI is InChI=1S/C22H22BrN3O2/c1-12(2)6-20(27)21-18-9-17(13(3)7-19(18)24-25-21)22(28)26-10-14-4-5-16(23)8-15(14)11-26/h4-5,7-9,12H,6,10-11H2,1-3H3,(H,24,25). The minimum Gasteiger partial charge on any atom is -0.330 e. The Morgan fingerprint density at radius 2 is 1.93 bits per heavy atom. The van der Waals surface area contributed by atoms with Gasteiger partial charge in [0.05, 0.1) is 5.52 Å². The first-order chi connectivity index (χ1) is 13.3. The highest BCUT2D eigenvalue weighted by Crippen LogP contribution is 2.29. The third-order valence-corrected chi connectivity index (χ3v) is 5.67. The Labute approximate surface area is 172 Å². The van der Waals surface area contributed by atoms with Crippen LogP contribution >= 0.6 is 15.9 Å². The van der Waals surface area contributed by atoms with Gasteiger partial charge in [0.25, 0.3) is 5.91 Å². The predicted molar refractivity (Wildman–Crippen MR) is 112 cm³/mol. The number of nitrogens with zero attached hydrogens (tertiary/aromatic N) is 2. The van der Waals surface area contributed by atoms with Crippen LogP contribution in [0.25, 0.3) is 10.9 Å². The van der Waals surface area contributed by atoms with E-state index in [4.69, 9.17) is 0 Å². The van der Waals surface area contributed by atoms with Crippen LogP contribution in [0.3, 0.4) is 0 Å². The molecule has 1 aliphatic rings. The summed E-state index contributed by atoms with van der Waals surface area (Å²) in [5.41, 5.74) is 5.05. The van der Waals surface area contributed by atoms with Gasteiger partial charge in [-0.2, -0.15) is 5.10 Å². The van der Waals surface area contributed by atoms with Gasteiger partial charge in [0.2, 0.25) is 0 Å². The molecule has 0 bridgehead atoms. The van der Waals surface area contributed by atoms with Crippen molar-refractivity contribution in [1.29, 1.82) is 0 Å². The van der Waals surface area contributed by atoms with Gasteiger partial charge in [-0.15, -0.1) is 0 Å². The van der Waals surface area contributed by atoms with Crippen LogP contribution in [0.4, 0.5) is 0 Å². The molecule has 0 aliphatic carbocycles. The lowest BCUT2D eigenvalue weighted by Crippen LogP contribution is -2.26. The van der Waals surface area contributed by atoms with Gasteiger partial charge >= 0.3 is 0 Å². The SMILES string of the molecule is Cc1cc2[nH]nc(C(=O)CC(C)C)c2cc1C(=O)N1Cc2ccc(Br)cc2C1. The zero-order valence-electron chi connectivity index (χ0n) is 16.2. The summed E-state index contributed by atoms with van der Waals surface area (Å²) in [4.78, 5) is 27.6. The average molecular weight is 440 g/mol. The Morgan fingerprint density at radius 3 is 2.68 bits per heavy atom. The van der Waals surface area contributed by atoms with Crippen molar-refractivity contribution in [1.82, 2.24) is 15.1 Å². The summed E-state index contributed by atoms with van der Waals surface area (Å²) < 4.78 is 1.02. The molecule has 2 heterocycles. The van der Waals surface area contributed by atoms with Crippen LogP contribution < -0.4 is 0 Å². The van der Waals surface area contributed by atoms with Gasteiger partial charge < -0.3 is 4.90 Å². The van der Waals surface area contributed by atoms with E-state index in [-0.39, 0.29) is 17.6 Å². The number of aryl methyl sites for hydroxylation is 1. The molecule has 144 valence electrons. The molecule has 0 saturated carbocycles. The maximum absolute atomic E-state index is 13.2. The molecule has 6 heteroatoms. The van der Waals surface area contributed by atoms with E-state index in [0.29, 0.717) is 30.8 Å². The lowest BCUT2D eigenvalue weighted by Gasteiger charge is -2.17. The average Bonchev–Trinajstić information content (AvgIpc) is 3.22. The Hall–Kier alpha value is -2.47. The molecule has 1 aromatic heterocycles. The lowest BCUT2D eigenvalue weighted by molar-refractivity contribution is 0.0750. The topological polar surface area (TPSA) is 66.1 Å². The minimum absolute atomic E-state index is 0.00179.